The molecule has 0 saturated heterocycles. The van der Waals surface area contributed by atoms with Crippen molar-refractivity contribution in [1.29, 1.82) is 0 Å². The summed E-state index contributed by atoms with van der Waals surface area (Å²) in [7, 11) is 0. The Bertz CT molecular complexity index is 704. The lowest BCUT2D eigenvalue weighted by Crippen LogP contribution is -2.38. The van der Waals surface area contributed by atoms with Gasteiger partial charge in [0.05, 0.1) is 0 Å². The van der Waals surface area contributed by atoms with Crippen molar-refractivity contribution in [2.45, 2.75) is 53.6 Å². The van der Waals surface area contributed by atoms with E-state index in [9.17, 15) is 19.2 Å². The maximum atomic E-state index is 12.1. The molecular weight excluding hydrogens is 390 g/mol. The molecule has 0 bridgehead atoms. The van der Waals surface area contributed by atoms with Crippen LogP contribution in [0.15, 0.2) is 18.2 Å². The molecule has 0 aromatic carbocycles. The molecule has 9 nitrogen and oxygen atoms in total. The molecule has 2 N–H and O–H groups in total. The normalized spacial score (nSPS) is 12.8. The van der Waals surface area contributed by atoms with Crippen molar-refractivity contribution in [1.82, 2.24) is 15.6 Å². The molecule has 1 aromatic rings. The molecule has 30 heavy (non-hydrogen) atoms. The van der Waals surface area contributed by atoms with E-state index in [0.717, 1.165) is 0 Å². The second-order valence-corrected chi connectivity index (χ2v) is 7.76. The van der Waals surface area contributed by atoms with Gasteiger partial charge in [0.2, 0.25) is 0 Å². The average molecular weight is 421 g/mol. The van der Waals surface area contributed by atoms with Crippen LogP contribution in [0.5, 0.6) is 0 Å². The lowest BCUT2D eigenvalue weighted by Gasteiger charge is -2.17. The van der Waals surface area contributed by atoms with Crippen LogP contribution in [0.3, 0.4) is 0 Å². The van der Waals surface area contributed by atoms with Gasteiger partial charge in [0, 0.05) is 12.1 Å². The largest absolute Gasteiger partial charge is 0.451 e. The Balaban J connectivity index is 2.58. The van der Waals surface area contributed by atoms with Crippen LogP contribution in [0.4, 0.5) is 0 Å². The zero-order valence-electron chi connectivity index (χ0n) is 18.4. The molecule has 1 heterocycles. The van der Waals surface area contributed by atoms with Gasteiger partial charge in [-0.2, -0.15) is 0 Å². The molecule has 2 amide bonds. The Labute approximate surface area is 176 Å². The highest BCUT2D eigenvalue weighted by Gasteiger charge is 2.18. The zero-order valence-corrected chi connectivity index (χ0v) is 18.4. The van der Waals surface area contributed by atoms with Gasteiger partial charge in [0.25, 0.3) is 11.8 Å². The topological polar surface area (TPSA) is 124 Å². The molecule has 2 unspecified atom stereocenters. The second kappa shape index (κ2) is 11.9. The molecule has 2 atom stereocenters. The van der Waals surface area contributed by atoms with E-state index in [2.05, 4.69) is 15.6 Å². The van der Waals surface area contributed by atoms with Crippen molar-refractivity contribution in [3.63, 3.8) is 0 Å². The number of hydrogen-bond acceptors (Lipinski definition) is 7. The number of hydrogen-bond donors (Lipinski definition) is 2. The average Bonchev–Trinajstić information content (AvgIpc) is 2.69. The number of esters is 2. The number of nitrogens with one attached hydrogen (secondary N) is 2. The van der Waals surface area contributed by atoms with Gasteiger partial charge < -0.3 is 20.1 Å². The van der Waals surface area contributed by atoms with E-state index in [4.69, 9.17) is 9.47 Å². The van der Waals surface area contributed by atoms with Crippen molar-refractivity contribution in [2.75, 3.05) is 13.2 Å². The summed E-state index contributed by atoms with van der Waals surface area (Å²) in [5.74, 6) is -2.07. The van der Waals surface area contributed by atoms with Gasteiger partial charge in [-0.3, -0.25) is 9.59 Å². The quantitative estimate of drug-likeness (QED) is 0.551. The van der Waals surface area contributed by atoms with Crippen LogP contribution in [0.25, 0.3) is 0 Å². The summed E-state index contributed by atoms with van der Waals surface area (Å²) in [6.45, 7) is 10.6. The monoisotopic (exact) mass is 421 g/mol. The van der Waals surface area contributed by atoms with Gasteiger partial charge in [-0.1, -0.05) is 33.8 Å². The molecule has 0 aliphatic heterocycles. The number of carbonyl (C=O) groups excluding carboxylic acids is 4. The number of pyridine rings is 1. The minimum Gasteiger partial charge on any atom is -0.451 e. The van der Waals surface area contributed by atoms with E-state index < -0.39 is 37.0 Å². The predicted octanol–water partition coefficient (Wildman–Crippen LogP) is 1.72. The number of amides is 2. The Morgan fingerprint density at radius 2 is 1.13 bits per heavy atom. The number of aromatic nitrogens is 1. The van der Waals surface area contributed by atoms with Crippen LogP contribution < -0.4 is 10.6 Å². The van der Waals surface area contributed by atoms with Crippen LogP contribution >= 0.6 is 0 Å². The molecule has 1 rings (SSSR count). The van der Waals surface area contributed by atoms with Crippen molar-refractivity contribution in [3.05, 3.63) is 29.6 Å². The summed E-state index contributed by atoms with van der Waals surface area (Å²) in [5, 5.41) is 5.43. The summed E-state index contributed by atoms with van der Waals surface area (Å²) >= 11 is 0. The van der Waals surface area contributed by atoms with Gasteiger partial charge in [-0.05, 0) is 37.8 Å². The van der Waals surface area contributed by atoms with E-state index >= 15 is 0 Å². The summed E-state index contributed by atoms with van der Waals surface area (Å²) < 4.78 is 9.88. The van der Waals surface area contributed by atoms with Gasteiger partial charge in [-0.25, -0.2) is 14.6 Å². The van der Waals surface area contributed by atoms with E-state index in [0.29, 0.717) is 0 Å². The maximum Gasteiger partial charge on any atom is 0.357 e. The highest BCUT2D eigenvalue weighted by molar-refractivity contribution is 5.93. The van der Waals surface area contributed by atoms with Gasteiger partial charge in [0.1, 0.15) is 11.4 Å². The SMILES string of the molecule is CC(C)C(C)NC(=O)COC(=O)c1cccc(C(=O)OCC(=O)NC(C)C(C)C)n1. The van der Waals surface area contributed by atoms with Crippen molar-refractivity contribution in [2.24, 2.45) is 11.8 Å². The fraction of sp³-hybridized carbons (Fsp3) is 0.571. The molecule has 0 spiro atoms. The fourth-order valence-electron chi connectivity index (χ4n) is 2.00. The van der Waals surface area contributed by atoms with Gasteiger partial charge in [0.15, 0.2) is 13.2 Å². The molecule has 0 saturated carbocycles. The first-order valence-electron chi connectivity index (χ1n) is 9.91. The van der Waals surface area contributed by atoms with Crippen LogP contribution in [0, 0.1) is 11.8 Å². The molecule has 0 fully saturated rings. The van der Waals surface area contributed by atoms with E-state index in [1.54, 1.807) is 0 Å². The second-order valence-electron chi connectivity index (χ2n) is 7.76. The van der Waals surface area contributed by atoms with E-state index in [-0.39, 0.29) is 35.3 Å². The van der Waals surface area contributed by atoms with Crippen molar-refractivity contribution in [3.8, 4) is 0 Å². The van der Waals surface area contributed by atoms with Crippen LogP contribution in [-0.4, -0.2) is 54.0 Å². The van der Waals surface area contributed by atoms with Crippen LogP contribution in [-0.2, 0) is 19.1 Å². The first kappa shape index (κ1) is 25.1. The number of rotatable bonds is 10. The third-order valence-electron chi connectivity index (χ3n) is 4.61. The maximum absolute atomic E-state index is 12.1. The summed E-state index contributed by atoms with van der Waals surface area (Å²) in [6.07, 6.45) is 0. The molecule has 166 valence electrons. The predicted molar refractivity (Wildman–Crippen MR) is 110 cm³/mol. The highest BCUT2D eigenvalue weighted by atomic mass is 16.5. The summed E-state index contributed by atoms with van der Waals surface area (Å²) in [6, 6.07) is 4.01. The summed E-state index contributed by atoms with van der Waals surface area (Å²) in [4.78, 5) is 51.8. The van der Waals surface area contributed by atoms with E-state index in [1.807, 2.05) is 41.5 Å². The standard InChI is InChI=1S/C21H31N3O6/c1-12(2)14(5)22-18(25)10-29-20(27)16-8-7-9-17(24-16)21(28)30-11-19(26)23-15(6)13(3)4/h7-9,12-15H,10-11H2,1-6H3,(H,22,25)(H,23,26). The number of ether oxygens (including phenoxy) is 2. The van der Waals surface area contributed by atoms with Gasteiger partial charge >= 0.3 is 11.9 Å². The first-order valence-corrected chi connectivity index (χ1v) is 9.91. The fourth-order valence-corrected chi connectivity index (χ4v) is 2.00. The first-order chi connectivity index (χ1) is 14.0. The van der Waals surface area contributed by atoms with Crippen molar-refractivity contribution >= 4 is 23.8 Å². The highest BCUT2D eigenvalue weighted by Crippen LogP contribution is 2.05. The molecule has 0 aliphatic carbocycles. The molecule has 0 aliphatic rings. The van der Waals surface area contributed by atoms with Crippen LogP contribution in [0.1, 0.15) is 62.5 Å². The lowest BCUT2D eigenvalue weighted by atomic mass is 10.1. The number of nitrogens with zero attached hydrogens (tertiary/aromatic N) is 1. The third kappa shape index (κ3) is 8.59. The molecule has 0 radical (unpaired) electrons. The lowest BCUT2D eigenvalue weighted by molar-refractivity contribution is -0.125. The molecule has 1 aromatic heterocycles. The molecule has 9 heteroatoms. The Kier molecular flexibility index (Phi) is 9.94. The Morgan fingerprint density at radius 1 is 0.767 bits per heavy atom. The smallest absolute Gasteiger partial charge is 0.357 e. The Hall–Kier alpha value is -2.97. The minimum atomic E-state index is -0.847. The van der Waals surface area contributed by atoms with Gasteiger partial charge in [-0.15, -0.1) is 0 Å². The third-order valence-corrected chi connectivity index (χ3v) is 4.61. The number of carbonyl (C=O) groups is 4. The Morgan fingerprint density at radius 3 is 1.47 bits per heavy atom. The zero-order chi connectivity index (χ0) is 22.8. The minimum absolute atomic E-state index is 0.0619. The van der Waals surface area contributed by atoms with E-state index in [1.165, 1.54) is 18.2 Å². The van der Waals surface area contributed by atoms with Crippen LogP contribution in [0.2, 0.25) is 0 Å². The summed E-state index contributed by atoms with van der Waals surface area (Å²) in [5.41, 5.74) is -0.293. The molecular formula is C21H31N3O6. The van der Waals surface area contributed by atoms with Crippen molar-refractivity contribution < 1.29 is 28.7 Å².